The lowest BCUT2D eigenvalue weighted by atomic mass is 9.93. The Morgan fingerprint density at radius 2 is 1.06 bits per heavy atom. The Morgan fingerprint density at radius 1 is 0.722 bits per heavy atom. The zero-order valence-electron chi connectivity index (χ0n) is 21.8. The highest BCUT2D eigenvalue weighted by atomic mass is 28.3. The first kappa shape index (κ1) is 26.4. The molecule has 2 fully saturated rings. The number of benzene rings is 2. The quantitative estimate of drug-likeness (QED) is 0.202. The number of ether oxygens (including phenoxy) is 2. The van der Waals surface area contributed by atoms with Crippen LogP contribution in [0.25, 0.3) is 0 Å². The first-order valence-electron chi connectivity index (χ1n) is 12.7. The minimum atomic E-state index is -2.12. The molecule has 194 valence electrons. The van der Waals surface area contributed by atoms with Gasteiger partial charge in [-0.05, 0) is 64.9 Å². The van der Waals surface area contributed by atoms with E-state index < -0.39 is 14.4 Å². The van der Waals surface area contributed by atoms with E-state index >= 15 is 0 Å². The molecule has 4 atom stereocenters. The normalized spacial score (nSPS) is 26.1. The van der Waals surface area contributed by atoms with Crippen molar-refractivity contribution in [2.24, 2.45) is 0 Å². The molecular formula is C27H36N2O6Si. The summed E-state index contributed by atoms with van der Waals surface area (Å²) < 4.78 is 13.4. The molecule has 0 spiro atoms. The number of nitrogens with zero attached hydrogens (tertiary/aromatic N) is 2. The molecule has 0 amide bonds. The van der Waals surface area contributed by atoms with Crippen LogP contribution in [0.2, 0.25) is 21.7 Å². The van der Waals surface area contributed by atoms with Crippen LogP contribution in [-0.4, -0.2) is 24.2 Å². The largest absolute Gasteiger partial charge is 0.344 e. The van der Waals surface area contributed by atoms with Gasteiger partial charge in [-0.25, -0.2) is 0 Å². The molecule has 0 saturated carbocycles. The Bertz CT molecular complexity index is 1020. The van der Waals surface area contributed by atoms with Crippen molar-refractivity contribution in [1.29, 1.82) is 0 Å². The van der Waals surface area contributed by atoms with E-state index in [1.165, 1.54) is 24.3 Å². The van der Waals surface area contributed by atoms with Crippen molar-refractivity contribution >= 4 is 19.4 Å². The SMILES string of the molecule is CC(C)[Si](C(C)C)(C(C)C)C12C[C@@H](c3ccc([N+](=O)[O-])cc3)OC1O[C@@H](c1ccc([N+](=O)[O-])cc1)C2. The van der Waals surface area contributed by atoms with Gasteiger partial charge in [-0.1, -0.05) is 41.5 Å². The molecule has 2 aliphatic heterocycles. The van der Waals surface area contributed by atoms with Crippen molar-refractivity contribution in [3.05, 3.63) is 79.9 Å². The highest BCUT2D eigenvalue weighted by Crippen LogP contribution is 2.72. The van der Waals surface area contributed by atoms with Crippen LogP contribution in [0.1, 0.15) is 77.7 Å². The molecule has 2 aromatic carbocycles. The maximum atomic E-state index is 11.2. The smallest absolute Gasteiger partial charge is 0.269 e. The summed E-state index contributed by atoms with van der Waals surface area (Å²) in [5.41, 5.74) is 3.45. The molecule has 0 aliphatic carbocycles. The molecule has 0 radical (unpaired) electrons. The van der Waals surface area contributed by atoms with E-state index in [0.29, 0.717) is 16.6 Å². The topological polar surface area (TPSA) is 105 Å². The summed E-state index contributed by atoms with van der Waals surface area (Å²) in [5, 5.41) is 22.1. The summed E-state index contributed by atoms with van der Waals surface area (Å²) in [6.07, 6.45) is 0.824. The van der Waals surface area contributed by atoms with Gasteiger partial charge in [-0.3, -0.25) is 20.2 Å². The molecule has 0 aromatic heterocycles. The van der Waals surface area contributed by atoms with E-state index in [2.05, 4.69) is 41.5 Å². The second kappa shape index (κ2) is 9.68. The van der Waals surface area contributed by atoms with Crippen molar-refractivity contribution in [2.75, 3.05) is 0 Å². The Hall–Kier alpha value is -2.62. The van der Waals surface area contributed by atoms with Gasteiger partial charge in [0.05, 0.1) is 30.1 Å². The molecule has 2 unspecified atom stereocenters. The van der Waals surface area contributed by atoms with Gasteiger partial charge in [0.15, 0.2) is 6.29 Å². The lowest BCUT2D eigenvalue weighted by Gasteiger charge is -2.54. The van der Waals surface area contributed by atoms with Crippen LogP contribution in [0.5, 0.6) is 0 Å². The molecule has 2 heterocycles. The first-order valence-corrected chi connectivity index (χ1v) is 15.0. The Kier molecular flexibility index (Phi) is 7.11. The van der Waals surface area contributed by atoms with Crippen LogP contribution in [0, 0.1) is 20.2 Å². The Balaban J connectivity index is 1.76. The second-order valence-electron chi connectivity index (χ2n) is 11.2. The van der Waals surface area contributed by atoms with Crippen LogP contribution in [0.4, 0.5) is 11.4 Å². The Labute approximate surface area is 213 Å². The number of nitro benzene ring substituents is 2. The average Bonchev–Trinajstić information content (AvgIpc) is 3.34. The number of fused-ring (bicyclic) bond motifs is 1. The van der Waals surface area contributed by atoms with E-state index in [4.69, 9.17) is 9.47 Å². The van der Waals surface area contributed by atoms with Crippen molar-refractivity contribution in [2.45, 2.75) is 94.5 Å². The highest BCUT2D eigenvalue weighted by molar-refractivity contribution is 6.86. The summed E-state index contributed by atoms with van der Waals surface area (Å²) in [6.45, 7) is 14.1. The molecule has 2 aromatic rings. The van der Waals surface area contributed by atoms with E-state index in [0.717, 1.165) is 24.0 Å². The van der Waals surface area contributed by atoms with E-state index in [-0.39, 0.29) is 38.5 Å². The number of rotatable bonds is 8. The predicted octanol–water partition coefficient (Wildman–Crippen LogP) is 7.87. The summed E-state index contributed by atoms with van der Waals surface area (Å²) in [4.78, 5) is 21.5. The third kappa shape index (κ3) is 4.07. The molecule has 36 heavy (non-hydrogen) atoms. The molecule has 9 heteroatoms. The van der Waals surface area contributed by atoms with Crippen LogP contribution < -0.4 is 0 Å². The molecule has 0 bridgehead atoms. The maximum absolute atomic E-state index is 11.2. The predicted molar refractivity (Wildman–Crippen MR) is 141 cm³/mol. The highest BCUT2D eigenvalue weighted by Gasteiger charge is 2.69. The van der Waals surface area contributed by atoms with Crippen LogP contribution in [0.15, 0.2) is 48.5 Å². The van der Waals surface area contributed by atoms with Crippen molar-refractivity contribution in [3.8, 4) is 0 Å². The van der Waals surface area contributed by atoms with Gasteiger partial charge >= 0.3 is 0 Å². The first-order chi connectivity index (χ1) is 16.9. The van der Waals surface area contributed by atoms with Gasteiger partial charge < -0.3 is 9.47 Å². The zero-order chi connectivity index (χ0) is 26.4. The van der Waals surface area contributed by atoms with Crippen molar-refractivity contribution in [3.63, 3.8) is 0 Å². The molecular weight excluding hydrogens is 476 g/mol. The van der Waals surface area contributed by atoms with Crippen LogP contribution >= 0.6 is 0 Å². The standard InChI is InChI=1S/C27H36N2O6Si/c1-17(2)36(18(3)4,19(5)6)27-15-24(20-7-11-22(12-8-20)28(30)31)34-26(27)35-25(16-27)21-9-13-23(14-10-21)29(32)33/h7-14,17-19,24-26H,15-16H2,1-6H3/t24-,25+,26?,27?. The lowest BCUT2D eigenvalue weighted by molar-refractivity contribution is -0.385. The fourth-order valence-corrected chi connectivity index (χ4v) is 17.0. The summed E-state index contributed by atoms with van der Waals surface area (Å²) in [5.74, 6) is 0. The molecule has 2 saturated heterocycles. The monoisotopic (exact) mass is 512 g/mol. The van der Waals surface area contributed by atoms with Gasteiger partial charge in [0.25, 0.3) is 11.4 Å². The van der Waals surface area contributed by atoms with E-state index in [1.54, 1.807) is 24.3 Å². The molecule has 8 nitrogen and oxygen atoms in total. The lowest BCUT2D eigenvalue weighted by Crippen LogP contribution is -2.57. The third-order valence-electron chi connectivity index (χ3n) is 8.81. The average molecular weight is 513 g/mol. The molecule has 4 rings (SSSR count). The van der Waals surface area contributed by atoms with E-state index in [1.807, 2.05) is 0 Å². The van der Waals surface area contributed by atoms with Gasteiger partial charge in [0.2, 0.25) is 0 Å². The summed E-state index contributed by atoms with van der Waals surface area (Å²) in [7, 11) is -2.12. The van der Waals surface area contributed by atoms with Gasteiger partial charge in [0.1, 0.15) is 0 Å². The number of hydrogen-bond donors (Lipinski definition) is 0. The van der Waals surface area contributed by atoms with E-state index in [9.17, 15) is 20.2 Å². The zero-order valence-corrected chi connectivity index (χ0v) is 22.8. The van der Waals surface area contributed by atoms with Crippen molar-refractivity contribution < 1.29 is 19.3 Å². The van der Waals surface area contributed by atoms with Gasteiger partial charge in [-0.2, -0.15) is 0 Å². The maximum Gasteiger partial charge on any atom is 0.269 e. The minimum absolute atomic E-state index is 0.0661. The summed E-state index contributed by atoms with van der Waals surface area (Å²) >= 11 is 0. The Morgan fingerprint density at radius 3 is 1.33 bits per heavy atom. The number of nitro groups is 2. The van der Waals surface area contributed by atoms with Crippen LogP contribution in [-0.2, 0) is 9.47 Å². The second-order valence-corrected chi connectivity index (χ2v) is 17.6. The third-order valence-corrected chi connectivity index (χ3v) is 16.9. The van der Waals surface area contributed by atoms with Gasteiger partial charge in [0, 0.05) is 29.3 Å². The molecule has 2 aliphatic rings. The summed E-state index contributed by atoms with van der Waals surface area (Å²) in [6, 6.07) is 13.4. The van der Waals surface area contributed by atoms with Gasteiger partial charge in [-0.15, -0.1) is 0 Å². The minimum Gasteiger partial charge on any atom is -0.344 e. The van der Waals surface area contributed by atoms with Crippen LogP contribution in [0.3, 0.4) is 0 Å². The fraction of sp³-hybridized carbons (Fsp3) is 0.556. The fourth-order valence-electron chi connectivity index (χ4n) is 7.92. The number of hydrogen-bond acceptors (Lipinski definition) is 6. The molecule has 0 N–H and O–H groups in total. The van der Waals surface area contributed by atoms with Crippen molar-refractivity contribution in [1.82, 2.24) is 0 Å². The number of non-ortho nitro benzene ring substituents is 2.